The van der Waals surface area contributed by atoms with Crippen LogP contribution in [0.1, 0.15) is 38.7 Å². The Balaban J connectivity index is 0.00000288. The van der Waals surface area contributed by atoms with E-state index >= 15 is 0 Å². The third kappa shape index (κ3) is 5.80. The van der Waals surface area contributed by atoms with Gasteiger partial charge in [-0.1, -0.05) is 18.6 Å². The number of halogens is 1. The van der Waals surface area contributed by atoms with Crippen molar-refractivity contribution in [3.8, 4) is 0 Å². The number of amides is 2. The molecule has 4 N–H and O–H groups in total. The Kier molecular flexibility index (Phi) is 8.22. The first kappa shape index (κ1) is 20.5. The van der Waals surface area contributed by atoms with Gasteiger partial charge in [0.15, 0.2) is 0 Å². The molecule has 0 spiro atoms. The van der Waals surface area contributed by atoms with Crippen molar-refractivity contribution in [2.24, 2.45) is 17.6 Å². The molecule has 0 aliphatic heterocycles. The van der Waals surface area contributed by atoms with Crippen molar-refractivity contribution in [1.82, 2.24) is 5.32 Å². The van der Waals surface area contributed by atoms with Gasteiger partial charge >= 0.3 is 0 Å². The normalized spacial score (nSPS) is 19.7. The molecule has 2 amide bonds. The van der Waals surface area contributed by atoms with Crippen molar-refractivity contribution >= 4 is 29.9 Å². The average molecular weight is 354 g/mol. The highest BCUT2D eigenvalue weighted by Gasteiger charge is 2.31. The first-order chi connectivity index (χ1) is 11.0. The van der Waals surface area contributed by atoms with Gasteiger partial charge in [-0.3, -0.25) is 9.59 Å². The zero-order valence-corrected chi connectivity index (χ0v) is 15.2. The van der Waals surface area contributed by atoms with E-state index in [1.807, 2.05) is 38.1 Å². The monoisotopic (exact) mass is 353 g/mol. The van der Waals surface area contributed by atoms with E-state index in [4.69, 9.17) is 5.73 Å². The molecule has 2 atom stereocenters. The summed E-state index contributed by atoms with van der Waals surface area (Å²) in [6, 6.07) is 7.60. The van der Waals surface area contributed by atoms with Crippen molar-refractivity contribution in [3.05, 3.63) is 29.8 Å². The molecule has 24 heavy (non-hydrogen) atoms. The fourth-order valence-electron chi connectivity index (χ4n) is 3.16. The zero-order valence-electron chi connectivity index (χ0n) is 14.4. The molecule has 1 aliphatic rings. The van der Waals surface area contributed by atoms with E-state index in [0.717, 1.165) is 30.5 Å². The summed E-state index contributed by atoms with van der Waals surface area (Å²) in [5.41, 5.74) is 7.44. The lowest BCUT2D eigenvalue weighted by Crippen LogP contribution is -2.31. The first-order valence-corrected chi connectivity index (χ1v) is 8.39. The first-order valence-electron chi connectivity index (χ1n) is 8.39. The number of rotatable bonds is 6. The second-order valence-corrected chi connectivity index (χ2v) is 6.62. The van der Waals surface area contributed by atoms with Crippen molar-refractivity contribution < 1.29 is 9.59 Å². The molecule has 134 valence electrons. The molecule has 0 heterocycles. The molecule has 1 aliphatic carbocycles. The smallest absolute Gasteiger partial charge is 0.227 e. The topological polar surface area (TPSA) is 84.2 Å². The molecule has 0 saturated heterocycles. The lowest BCUT2D eigenvalue weighted by molar-refractivity contribution is -0.121. The van der Waals surface area contributed by atoms with Gasteiger partial charge in [-0.25, -0.2) is 0 Å². The van der Waals surface area contributed by atoms with Gasteiger partial charge in [-0.05, 0) is 56.8 Å². The lowest BCUT2D eigenvalue weighted by atomic mass is 9.95. The average Bonchev–Trinajstić information content (AvgIpc) is 2.97. The largest absolute Gasteiger partial charge is 0.354 e. The van der Waals surface area contributed by atoms with Crippen LogP contribution in [0.3, 0.4) is 0 Å². The van der Waals surface area contributed by atoms with Crippen molar-refractivity contribution in [2.45, 2.75) is 45.6 Å². The van der Waals surface area contributed by atoms with Gasteiger partial charge in [0.1, 0.15) is 0 Å². The number of carbonyl (C=O) groups excluding carboxylic acids is 2. The van der Waals surface area contributed by atoms with Crippen LogP contribution in [0.2, 0.25) is 0 Å². The molecule has 5 nitrogen and oxygen atoms in total. The molecule has 6 heteroatoms. The molecule has 0 aromatic heterocycles. The van der Waals surface area contributed by atoms with Crippen LogP contribution in [-0.2, 0) is 16.0 Å². The molecular weight excluding hydrogens is 326 g/mol. The molecule has 0 bridgehead atoms. The Morgan fingerprint density at radius 3 is 2.46 bits per heavy atom. The maximum atomic E-state index is 12.3. The van der Waals surface area contributed by atoms with E-state index in [2.05, 4.69) is 10.6 Å². The minimum absolute atomic E-state index is 0. The summed E-state index contributed by atoms with van der Waals surface area (Å²) < 4.78 is 0. The highest BCUT2D eigenvalue weighted by Crippen LogP contribution is 2.31. The van der Waals surface area contributed by atoms with Crippen LogP contribution in [0.4, 0.5) is 5.69 Å². The molecule has 0 radical (unpaired) electrons. The minimum atomic E-state index is 0. The third-order valence-corrected chi connectivity index (χ3v) is 4.33. The lowest BCUT2D eigenvalue weighted by Gasteiger charge is -2.17. The summed E-state index contributed by atoms with van der Waals surface area (Å²) in [4.78, 5) is 24.1. The summed E-state index contributed by atoms with van der Waals surface area (Å²) in [6.45, 7) is 4.45. The maximum Gasteiger partial charge on any atom is 0.227 e. The number of benzene rings is 1. The summed E-state index contributed by atoms with van der Waals surface area (Å²) in [7, 11) is 0. The Hall–Kier alpha value is -1.59. The molecule has 1 saturated carbocycles. The molecular formula is C18H28ClN3O2. The molecule has 1 fully saturated rings. The Morgan fingerprint density at radius 2 is 1.88 bits per heavy atom. The SMILES string of the molecule is CC(C)NC(=O)Cc1ccc(NC(=O)[C@@H]2CCC[C@@H]2CN)cc1.Cl. The number of carbonyl (C=O) groups is 2. The summed E-state index contributed by atoms with van der Waals surface area (Å²) >= 11 is 0. The van der Waals surface area contributed by atoms with Crippen LogP contribution in [0.25, 0.3) is 0 Å². The van der Waals surface area contributed by atoms with Crippen molar-refractivity contribution in [1.29, 1.82) is 0 Å². The zero-order chi connectivity index (χ0) is 16.8. The van der Waals surface area contributed by atoms with E-state index < -0.39 is 0 Å². The highest BCUT2D eigenvalue weighted by molar-refractivity contribution is 5.93. The summed E-state index contributed by atoms with van der Waals surface area (Å²) in [5.74, 6) is 0.391. The van der Waals surface area contributed by atoms with Gasteiger partial charge in [0.05, 0.1) is 6.42 Å². The fourth-order valence-corrected chi connectivity index (χ4v) is 3.16. The summed E-state index contributed by atoms with van der Waals surface area (Å²) in [5, 5.41) is 5.83. The van der Waals surface area contributed by atoms with Gasteiger partial charge in [0.25, 0.3) is 0 Å². The van der Waals surface area contributed by atoms with Crippen molar-refractivity contribution in [2.75, 3.05) is 11.9 Å². The van der Waals surface area contributed by atoms with Crippen LogP contribution in [-0.4, -0.2) is 24.4 Å². The van der Waals surface area contributed by atoms with Crippen molar-refractivity contribution in [3.63, 3.8) is 0 Å². The second-order valence-electron chi connectivity index (χ2n) is 6.62. The second kappa shape index (κ2) is 9.64. The fraction of sp³-hybridized carbons (Fsp3) is 0.556. The maximum absolute atomic E-state index is 12.3. The van der Waals surface area contributed by atoms with Gasteiger partial charge < -0.3 is 16.4 Å². The standard InChI is InChI=1S/C18H27N3O2.ClH/c1-12(2)20-17(22)10-13-6-8-15(9-7-13)21-18(23)16-5-3-4-14(16)11-19;/h6-9,12,14,16H,3-5,10-11,19H2,1-2H3,(H,20,22)(H,21,23);1H/t14-,16-;/m1./s1. The van der Waals surface area contributed by atoms with Crippen LogP contribution in [0.15, 0.2) is 24.3 Å². The number of nitrogens with two attached hydrogens (primary N) is 1. The number of anilines is 1. The van der Waals surface area contributed by atoms with E-state index in [0.29, 0.717) is 18.9 Å². The van der Waals surface area contributed by atoms with E-state index in [9.17, 15) is 9.59 Å². The number of nitrogens with one attached hydrogen (secondary N) is 2. The molecule has 2 rings (SSSR count). The van der Waals surface area contributed by atoms with E-state index in [1.165, 1.54) is 0 Å². The Morgan fingerprint density at radius 1 is 1.21 bits per heavy atom. The van der Waals surface area contributed by atoms with Crippen LogP contribution >= 0.6 is 12.4 Å². The Bertz CT molecular complexity index is 546. The molecule has 0 unspecified atom stereocenters. The Labute approximate surface area is 150 Å². The van der Waals surface area contributed by atoms with E-state index in [1.54, 1.807) is 0 Å². The summed E-state index contributed by atoms with van der Waals surface area (Å²) in [6.07, 6.45) is 3.38. The van der Waals surface area contributed by atoms with Crippen LogP contribution in [0.5, 0.6) is 0 Å². The quantitative estimate of drug-likeness (QED) is 0.734. The van der Waals surface area contributed by atoms with Gasteiger partial charge in [0, 0.05) is 17.6 Å². The van der Waals surface area contributed by atoms with Gasteiger partial charge in [0.2, 0.25) is 11.8 Å². The van der Waals surface area contributed by atoms with E-state index in [-0.39, 0.29) is 36.2 Å². The molecule has 1 aromatic carbocycles. The van der Waals surface area contributed by atoms with Crippen LogP contribution in [0, 0.1) is 11.8 Å². The highest BCUT2D eigenvalue weighted by atomic mass is 35.5. The third-order valence-electron chi connectivity index (χ3n) is 4.33. The van der Waals surface area contributed by atoms with Gasteiger partial charge in [-0.2, -0.15) is 0 Å². The minimum Gasteiger partial charge on any atom is -0.354 e. The predicted molar refractivity (Wildman–Crippen MR) is 99.2 cm³/mol. The number of hydrogen-bond donors (Lipinski definition) is 3. The predicted octanol–water partition coefficient (Wildman–Crippen LogP) is 2.49. The van der Waals surface area contributed by atoms with Crippen LogP contribution < -0.4 is 16.4 Å². The van der Waals surface area contributed by atoms with Gasteiger partial charge in [-0.15, -0.1) is 12.4 Å². The molecule has 1 aromatic rings. The number of hydrogen-bond acceptors (Lipinski definition) is 3.